The van der Waals surface area contributed by atoms with E-state index in [0.717, 1.165) is 57.3 Å². The first kappa shape index (κ1) is 15.3. The van der Waals surface area contributed by atoms with E-state index >= 15 is 0 Å². The van der Waals surface area contributed by atoms with Gasteiger partial charge in [0.1, 0.15) is 18.0 Å². The number of rotatable bonds is 5. The molecule has 0 amide bonds. The molecule has 2 saturated carbocycles. The Labute approximate surface area is 146 Å². The first-order chi connectivity index (χ1) is 12.3. The minimum absolute atomic E-state index is 0.349. The molecule has 1 saturated heterocycles. The van der Waals surface area contributed by atoms with Gasteiger partial charge in [-0.2, -0.15) is 10.1 Å². The number of aromatic amines is 1. The molecule has 134 valence electrons. The lowest BCUT2D eigenvalue weighted by molar-refractivity contribution is 0.238. The average molecular weight is 343 g/mol. The molecule has 2 aromatic rings. The van der Waals surface area contributed by atoms with Crippen LogP contribution in [0.15, 0.2) is 6.33 Å². The number of piperazine rings is 1. The van der Waals surface area contributed by atoms with E-state index in [2.05, 4.69) is 39.7 Å². The van der Waals surface area contributed by atoms with Gasteiger partial charge in [-0.15, -0.1) is 10.2 Å². The summed E-state index contributed by atoms with van der Waals surface area (Å²) in [6, 6.07) is 0.967. The van der Waals surface area contributed by atoms with Crippen LogP contribution in [0.4, 0.5) is 5.95 Å². The van der Waals surface area contributed by atoms with Crippen molar-refractivity contribution < 1.29 is 0 Å². The van der Waals surface area contributed by atoms with Crippen LogP contribution in [0.1, 0.15) is 49.3 Å². The minimum atomic E-state index is 0.349. The van der Waals surface area contributed by atoms with Crippen molar-refractivity contribution in [2.45, 2.75) is 50.2 Å². The van der Waals surface area contributed by atoms with Gasteiger partial charge in [-0.25, -0.2) is 5.10 Å². The molecule has 3 N–H and O–H groups in total. The maximum Gasteiger partial charge on any atom is 0.221 e. The quantitative estimate of drug-likeness (QED) is 0.802. The lowest BCUT2D eigenvalue weighted by Crippen LogP contribution is -2.46. The number of hydrogen-bond acceptors (Lipinski definition) is 7. The summed E-state index contributed by atoms with van der Waals surface area (Å²) in [5, 5.41) is 16.0. The van der Waals surface area contributed by atoms with Gasteiger partial charge in [-0.3, -0.25) is 4.90 Å². The second-order valence-corrected chi connectivity index (χ2v) is 7.58. The molecule has 3 aliphatic rings. The number of H-pyrrole nitrogens is 1. The highest BCUT2D eigenvalue weighted by Crippen LogP contribution is 2.42. The van der Waals surface area contributed by atoms with Gasteiger partial charge in [0.2, 0.25) is 5.95 Å². The molecule has 3 fully saturated rings. The molecule has 0 spiro atoms. The monoisotopic (exact) mass is 343 g/mol. The zero-order chi connectivity index (χ0) is 16.8. The van der Waals surface area contributed by atoms with Crippen LogP contribution in [0.25, 0.3) is 0 Å². The second-order valence-electron chi connectivity index (χ2n) is 7.58. The third-order valence-corrected chi connectivity index (χ3v) is 5.68. The van der Waals surface area contributed by atoms with Gasteiger partial charge < -0.3 is 15.2 Å². The molecular formula is C16H25N9. The van der Waals surface area contributed by atoms with E-state index in [9.17, 15) is 0 Å². The molecule has 0 atom stereocenters. The Kier molecular flexibility index (Phi) is 3.70. The number of nitrogens with zero attached hydrogens (tertiary/aromatic N) is 7. The molecule has 9 heteroatoms. The molecule has 3 heterocycles. The Hall–Kier alpha value is -2.00. The van der Waals surface area contributed by atoms with Crippen LogP contribution in [0.2, 0.25) is 0 Å². The van der Waals surface area contributed by atoms with Gasteiger partial charge in [0.15, 0.2) is 0 Å². The average Bonchev–Trinajstić information content (AvgIpc) is 3.13. The molecule has 0 radical (unpaired) electrons. The van der Waals surface area contributed by atoms with Crippen LogP contribution in [0.5, 0.6) is 0 Å². The van der Waals surface area contributed by atoms with E-state index in [0.29, 0.717) is 18.0 Å². The first-order valence-corrected chi connectivity index (χ1v) is 9.30. The predicted molar refractivity (Wildman–Crippen MR) is 92.1 cm³/mol. The fourth-order valence-corrected chi connectivity index (χ4v) is 4.00. The van der Waals surface area contributed by atoms with Crippen molar-refractivity contribution >= 4 is 5.95 Å². The van der Waals surface area contributed by atoms with Crippen molar-refractivity contribution in [2.24, 2.45) is 5.73 Å². The summed E-state index contributed by atoms with van der Waals surface area (Å²) in [4.78, 5) is 8.95. The zero-order valence-electron chi connectivity index (χ0n) is 14.4. The van der Waals surface area contributed by atoms with Gasteiger partial charge in [-0.05, 0) is 25.7 Å². The van der Waals surface area contributed by atoms with Crippen molar-refractivity contribution in [2.75, 3.05) is 31.1 Å². The maximum absolute atomic E-state index is 5.97. The number of nitrogens with one attached hydrogen (secondary N) is 1. The van der Waals surface area contributed by atoms with E-state index in [-0.39, 0.29) is 0 Å². The van der Waals surface area contributed by atoms with Gasteiger partial charge in [0.25, 0.3) is 0 Å². The Morgan fingerprint density at radius 3 is 2.56 bits per heavy atom. The molecular weight excluding hydrogens is 318 g/mol. The van der Waals surface area contributed by atoms with Crippen LogP contribution in [0, 0.1) is 0 Å². The number of aromatic nitrogens is 6. The van der Waals surface area contributed by atoms with E-state index in [4.69, 9.17) is 5.73 Å². The normalized spacial score (nSPS) is 27.5. The molecule has 1 aliphatic heterocycles. The summed E-state index contributed by atoms with van der Waals surface area (Å²) >= 11 is 0. The zero-order valence-corrected chi connectivity index (χ0v) is 14.4. The number of nitrogens with two attached hydrogens (primary N) is 1. The Morgan fingerprint density at radius 2 is 1.92 bits per heavy atom. The van der Waals surface area contributed by atoms with Crippen molar-refractivity contribution in [1.29, 1.82) is 0 Å². The highest BCUT2D eigenvalue weighted by molar-refractivity contribution is 5.28. The summed E-state index contributed by atoms with van der Waals surface area (Å²) < 4.78 is 2.43. The van der Waals surface area contributed by atoms with E-state index in [1.54, 1.807) is 6.33 Å². The van der Waals surface area contributed by atoms with E-state index in [1.807, 2.05) is 0 Å². The minimum Gasteiger partial charge on any atom is -0.339 e. The van der Waals surface area contributed by atoms with Gasteiger partial charge in [-0.1, -0.05) is 0 Å². The molecule has 2 aliphatic carbocycles. The molecule has 9 nitrogen and oxygen atoms in total. The SMILES string of the molecule is NC1CC(c2nnc(CN3CCN(c4ncn[nH]4)CC3)n2C2CC2)C1. The van der Waals surface area contributed by atoms with Crippen LogP contribution in [-0.2, 0) is 6.54 Å². The maximum atomic E-state index is 5.97. The van der Waals surface area contributed by atoms with Crippen LogP contribution in [-0.4, -0.2) is 67.1 Å². The third-order valence-electron chi connectivity index (χ3n) is 5.68. The Bertz CT molecular complexity index is 706. The molecule has 0 aromatic carbocycles. The summed E-state index contributed by atoms with van der Waals surface area (Å²) in [6.07, 6.45) is 6.20. The lowest BCUT2D eigenvalue weighted by Gasteiger charge is -2.34. The van der Waals surface area contributed by atoms with Crippen LogP contribution < -0.4 is 10.6 Å². The summed E-state index contributed by atoms with van der Waals surface area (Å²) in [6.45, 7) is 4.80. The number of anilines is 1. The molecule has 2 aromatic heterocycles. The van der Waals surface area contributed by atoms with Crippen molar-refractivity contribution in [3.8, 4) is 0 Å². The largest absolute Gasteiger partial charge is 0.339 e. The summed E-state index contributed by atoms with van der Waals surface area (Å²) in [5.41, 5.74) is 5.97. The first-order valence-electron chi connectivity index (χ1n) is 9.30. The van der Waals surface area contributed by atoms with Gasteiger partial charge in [0, 0.05) is 44.2 Å². The van der Waals surface area contributed by atoms with Gasteiger partial charge >= 0.3 is 0 Å². The van der Waals surface area contributed by atoms with Gasteiger partial charge in [0.05, 0.1) is 6.54 Å². The highest BCUT2D eigenvalue weighted by atomic mass is 15.4. The third kappa shape index (κ3) is 2.91. The highest BCUT2D eigenvalue weighted by Gasteiger charge is 2.37. The molecule has 5 rings (SSSR count). The Balaban J connectivity index is 1.26. The summed E-state index contributed by atoms with van der Waals surface area (Å²) in [5.74, 6) is 3.69. The van der Waals surface area contributed by atoms with Crippen molar-refractivity contribution in [3.63, 3.8) is 0 Å². The molecule has 0 unspecified atom stereocenters. The molecule has 25 heavy (non-hydrogen) atoms. The van der Waals surface area contributed by atoms with E-state index < -0.39 is 0 Å². The summed E-state index contributed by atoms with van der Waals surface area (Å²) in [7, 11) is 0. The van der Waals surface area contributed by atoms with E-state index in [1.165, 1.54) is 18.7 Å². The fourth-order valence-electron chi connectivity index (χ4n) is 4.00. The standard InChI is InChI=1S/C16H25N9/c17-12-7-11(8-12)15-21-20-14(25(15)13-1-2-13)9-23-3-5-24(6-4-23)16-18-10-19-22-16/h10-13H,1-9,17H2,(H,18,19,22). The van der Waals surface area contributed by atoms with Crippen molar-refractivity contribution in [3.05, 3.63) is 18.0 Å². The van der Waals surface area contributed by atoms with Crippen molar-refractivity contribution in [1.82, 2.24) is 34.8 Å². The smallest absolute Gasteiger partial charge is 0.221 e. The topological polar surface area (TPSA) is 105 Å². The molecule has 0 bridgehead atoms. The predicted octanol–water partition coefficient (Wildman–Crippen LogP) is 0.258. The van der Waals surface area contributed by atoms with Crippen LogP contribution >= 0.6 is 0 Å². The number of hydrogen-bond donors (Lipinski definition) is 2. The second kappa shape index (κ2) is 6.06. The fraction of sp³-hybridized carbons (Fsp3) is 0.750. The Morgan fingerprint density at radius 1 is 1.12 bits per heavy atom. The van der Waals surface area contributed by atoms with Crippen LogP contribution in [0.3, 0.4) is 0 Å². The lowest BCUT2D eigenvalue weighted by atomic mass is 9.80.